The molecule has 0 saturated carbocycles. The summed E-state index contributed by atoms with van der Waals surface area (Å²) in [6, 6.07) is 18.0. The fourth-order valence-electron chi connectivity index (χ4n) is 5.28. The van der Waals surface area contributed by atoms with Crippen LogP contribution in [0.3, 0.4) is 0 Å². The maximum absolute atomic E-state index is 12.8. The molecule has 21 heteroatoms. The summed E-state index contributed by atoms with van der Waals surface area (Å²) in [4.78, 5) is 49.1. The smallest absolute Gasteiger partial charge is 0.261 e. The summed E-state index contributed by atoms with van der Waals surface area (Å²) in [5, 5.41) is 13.9. The number of ether oxygens (including phenoxy) is 2. The Morgan fingerprint density at radius 1 is 0.845 bits per heavy atom. The number of benzene rings is 4. The molecule has 1 unspecified atom stereocenters. The summed E-state index contributed by atoms with van der Waals surface area (Å²) in [6.07, 6.45) is 0.320. The molecule has 2 aliphatic heterocycles. The van der Waals surface area contributed by atoms with Crippen LogP contribution < -0.4 is 20.1 Å². The highest BCUT2D eigenvalue weighted by Crippen LogP contribution is 2.40. The highest BCUT2D eigenvalue weighted by atomic mass is 35.5. The lowest BCUT2D eigenvalue weighted by atomic mass is 10.1. The van der Waals surface area contributed by atoms with Gasteiger partial charge in [-0.3, -0.25) is 23.9 Å². The Kier molecular flexibility index (Phi) is 15.2. The number of rotatable bonds is 12. The van der Waals surface area contributed by atoms with Gasteiger partial charge in [0.25, 0.3) is 27.7 Å². The maximum Gasteiger partial charge on any atom is 0.261 e. The van der Waals surface area contributed by atoms with Crippen molar-refractivity contribution in [2.75, 3.05) is 41.7 Å². The van der Waals surface area contributed by atoms with Crippen LogP contribution in [0.2, 0.25) is 30.1 Å². The zero-order valence-corrected chi connectivity index (χ0v) is 35.5. The predicted octanol–water partition coefficient (Wildman–Crippen LogP) is 8.06. The van der Waals surface area contributed by atoms with E-state index in [4.69, 9.17) is 79.1 Å². The minimum atomic E-state index is -3.84. The van der Waals surface area contributed by atoms with Gasteiger partial charge in [0, 0.05) is 28.4 Å². The molecule has 0 radical (unpaired) electrons. The molecule has 6 rings (SSSR count). The molecule has 0 aromatic heterocycles. The average molecular weight is 931 g/mol. The zero-order chi connectivity index (χ0) is 42.3. The average Bonchev–Trinajstić information content (AvgIpc) is 3.66. The highest BCUT2D eigenvalue weighted by Gasteiger charge is 2.38. The van der Waals surface area contributed by atoms with E-state index < -0.39 is 33.7 Å². The molecular formula is C37H30Cl6N6O8S. The van der Waals surface area contributed by atoms with Crippen molar-refractivity contribution in [3.05, 3.63) is 114 Å². The van der Waals surface area contributed by atoms with Crippen LogP contribution >= 0.6 is 69.6 Å². The van der Waals surface area contributed by atoms with Crippen LogP contribution in [0.15, 0.2) is 87.9 Å². The van der Waals surface area contributed by atoms with Gasteiger partial charge in [-0.2, -0.15) is 20.2 Å². The number of hydrogen-bond acceptors (Lipinski definition) is 10. The minimum absolute atomic E-state index is 0.0130. The first-order chi connectivity index (χ1) is 27.5. The minimum Gasteiger partial charge on any atom is -0.382 e. The van der Waals surface area contributed by atoms with Gasteiger partial charge in [-0.1, -0.05) is 93.4 Å². The van der Waals surface area contributed by atoms with E-state index in [1.165, 1.54) is 67.8 Å². The van der Waals surface area contributed by atoms with Gasteiger partial charge in [-0.15, -0.1) is 0 Å². The molecule has 1 atom stereocenters. The Morgan fingerprint density at radius 3 is 2.00 bits per heavy atom. The van der Waals surface area contributed by atoms with E-state index in [9.17, 15) is 27.6 Å². The number of sulfonamides is 1. The number of aryl methyl sites for hydroxylation is 1. The fraction of sp³-hybridized carbons (Fsp3) is 0.189. The Labute approximate surface area is 362 Å². The van der Waals surface area contributed by atoms with Crippen molar-refractivity contribution in [2.24, 2.45) is 16.1 Å². The second-order valence-corrected chi connectivity index (χ2v) is 16.4. The molecule has 0 bridgehead atoms. The van der Waals surface area contributed by atoms with Crippen molar-refractivity contribution in [2.45, 2.75) is 18.2 Å². The summed E-state index contributed by atoms with van der Waals surface area (Å²) in [6.45, 7) is 2.55. The molecule has 4 aromatic rings. The number of anilines is 3. The number of amides is 3. The standard InChI is InChI=1S/C23H17Cl3N4O4S.C14H13Cl3N2O4/c1-13-5-7-17(8-6-13)35(33,34)29-16-4-2-3-14(9-16)23(32)27-20-12-21(31)30(28-20)22-18(25)10-15(24)11-19(22)26;1-22-2-3-23-7-9-12(6-20)18-19(14(9)21)13-10(16)4-8(15)5-11(13)17/h2-11,29H,12H2,1H3,(H,27,28,32);4-6,9H,2-3,7H2,1H3. The summed E-state index contributed by atoms with van der Waals surface area (Å²) >= 11 is 36.3. The Hall–Kier alpha value is -4.29. The van der Waals surface area contributed by atoms with Crippen molar-refractivity contribution >= 4 is 132 Å². The third-order valence-corrected chi connectivity index (χ3v) is 11.0. The van der Waals surface area contributed by atoms with Crippen LogP contribution in [0.25, 0.3) is 0 Å². The molecule has 0 saturated heterocycles. The number of methoxy groups -OCH3 is 1. The molecule has 0 aliphatic carbocycles. The molecule has 304 valence electrons. The molecule has 4 aromatic carbocycles. The molecule has 2 aliphatic rings. The Morgan fingerprint density at radius 2 is 1.43 bits per heavy atom. The van der Waals surface area contributed by atoms with Gasteiger partial charge in [0.15, 0.2) is 6.29 Å². The van der Waals surface area contributed by atoms with Crippen molar-refractivity contribution < 1.29 is 37.1 Å². The van der Waals surface area contributed by atoms with E-state index in [-0.39, 0.29) is 72.2 Å². The number of carbonyl (C=O) groups is 4. The van der Waals surface area contributed by atoms with E-state index in [1.54, 1.807) is 12.1 Å². The van der Waals surface area contributed by atoms with Crippen LogP contribution in [0, 0.1) is 12.8 Å². The third-order valence-electron chi connectivity index (χ3n) is 8.05. The van der Waals surface area contributed by atoms with Crippen LogP contribution in [0.1, 0.15) is 22.3 Å². The second kappa shape index (κ2) is 19.6. The molecule has 0 fully saturated rings. The van der Waals surface area contributed by atoms with E-state index in [0.717, 1.165) is 15.6 Å². The zero-order valence-electron chi connectivity index (χ0n) is 30.1. The summed E-state index contributed by atoms with van der Waals surface area (Å²) < 4.78 is 37.9. The molecule has 0 spiro atoms. The van der Waals surface area contributed by atoms with Crippen molar-refractivity contribution in [1.82, 2.24) is 5.32 Å². The first kappa shape index (κ1) is 44.8. The lowest BCUT2D eigenvalue weighted by Crippen LogP contribution is -2.31. The van der Waals surface area contributed by atoms with Crippen molar-refractivity contribution in [1.29, 1.82) is 0 Å². The second-order valence-electron chi connectivity index (χ2n) is 12.2. The van der Waals surface area contributed by atoms with E-state index >= 15 is 0 Å². The van der Waals surface area contributed by atoms with Crippen molar-refractivity contribution in [3.63, 3.8) is 0 Å². The van der Waals surface area contributed by atoms with Gasteiger partial charge in [-0.05, 0) is 61.5 Å². The molecule has 3 amide bonds. The maximum atomic E-state index is 12.8. The van der Waals surface area contributed by atoms with Gasteiger partial charge >= 0.3 is 0 Å². The molecular weight excluding hydrogens is 901 g/mol. The summed E-state index contributed by atoms with van der Waals surface area (Å²) in [7, 11) is -2.31. The first-order valence-corrected chi connectivity index (χ1v) is 20.4. The molecule has 2 N–H and O–H groups in total. The quantitative estimate of drug-likeness (QED) is 0.106. The fourth-order valence-corrected chi connectivity index (χ4v) is 8.28. The monoisotopic (exact) mass is 928 g/mol. The number of hydrazone groups is 2. The number of amidine groups is 1. The Balaban J connectivity index is 0.000000242. The third kappa shape index (κ3) is 10.8. The van der Waals surface area contributed by atoms with Crippen LogP contribution in [0.4, 0.5) is 17.1 Å². The normalized spacial score (nSPS) is 15.1. The largest absolute Gasteiger partial charge is 0.382 e. The Bertz CT molecular complexity index is 2390. The number of halogens is 6. The van der Waals surface area contributed by atoms with E-state index in [2.05, 4.69) is 20.2 Å². The number of hydrogen-bond donors (Lipinski definition) is 2. The van der Waals surface area contributed by atoms with Gasteiger partial charge in [0.2, 0.25) is 0 Å². The SMILES string of the molecule is COCCOCC1C(=O)N(c2c(Cl)cc(Cl)cc2Cl)N=C1C=O.Cc1ccc(S(=O)(=O)Nc2cccc(C(=O)NC3=NN(c4c(Cl)cc(Cl)cc4Cl)C(=O)C3)c2)cc1. The molecule has 2 heterocycles. The first-order valence-electron chi connectivity index (χ1n) is 16.7. The number of nitrogens with zero attached hydrogens (tertiary/aromatic N) is 4. The molecule has 14 nitrogen and oxygen atoms in total. The lowest BCUT2D eigenvalue weighted by molar-refractivity contribution is -0.121. The summed E-state index contributed by atoms with van der Waals surface area (Å²) in [5.41, 5.74) is 1.67. The number of nitrogens with one attached hydrogen (secondary N) is 2. The molecule has 58 heavy (non-hydrogen) atoms. The van der Waals surface area contributed by atoms with Crippen LogP contribution in [-0.2, 0) is 33.9 Å². The van der Waals surface area contributed by atoms with Gasteiger partial charge < -0.3 is 14.8 Å². The van der Waals surface area contributed by atoms with E-state index in [1.807, 2.05) is 6.92 Å². The van der Waals surface area contributed by atoms with E-state index in [0.29, 0.717) is 29.5 Å². The van der Waals surface area contributed by atoms with Gasteiger partial charge in [0.05, 0.1) is 51.2 Å². The highest BCUT2D eigenvalue weighted by molar-refractivity contribution is 7.92. The topological polar surface area (TPSA) is 176 Å². The summed E-state index contributed by atoms with van der Waals surface area (Å²) in [5.74, 6) is -2.22. The lowest BCUT2D eigenvalue weighted by Gasteiger charge is -2.17. The number of aldehydes is 1. The van der Waals surface area contributed by atoms with Crippen LogP contribution in [-0.4, -0.2) is 70.9 Å². The van der Waals surface area contributed by atoms with Crippen molar-refractivity contribution in [3.8, 4) is 0 Å². The predicted molar refractivity (Wildman–Crippen MR) is 226 cm³/mol. The van der Waals surface area contributed by atoms with Gasteiger partial charge in [-0.25, -0.2) is 8.42 Å². The number of carbonyl (C=O) groups excluding carboxylic acids is 4. The van der Waals surface area contributed by atoms with Crippen LogP contribution in [0.5, 0.6) is 0 Å². The van der Waals surface area contributed by atoms with Gasteiger partial charge in [0.1, 0.15) is 28.8 Å².